The SMILES string of the molecule is CC(C)(C)CCN1CCC2(CCNCC2)C(OC(=O)C(F)(F)F)C1. The summed E-state index contributed by atoms with van der Waals surface area (Å²) in [6.45, 7) is 10.0. The Morgan fingerprint density at radius 3 is 2.38 bits per heavy atom. The summed E-state index contributed by atoms with van der Waals surface area (Å²) in [6, 6.07) is 0. The molecule has 4 nitrogen and oxygen atoms in total. The van der Waals surface area contributed by atoms with Gasteiger partial charge in [0.1, 0.15) is 6.10 Å². The maximum atomic E-state index is 12.7. The van der Waals surface area contributed by atoms with Crippen molar-refractivity contribution in [1.82, 2.24) is 10.2 Å². The van der Waals surface area contributed by atoms with Gasteiger partial charge in [-0.05, 0) is 57.3 Å². The van der Waals surface area contributed by atoms with E-state index >= 15 is 0 Å². The number of alkyl halides is 3. The van der Waals surface area contributed by atoms with Crippen LogP contribution in [0.3, 0.4) is 0 Å². The molecule has 2 aliphatic rings. The van der Waals surface area contributed by atoms with Crippen molar-refractivity contribution in [2.45, 2.75) is 58.7 Å². The molecule has 1 spiro atoms. The highest BCUT2D eigenvalue weighted by Crippen LogP contribution is 2.42. The van der Waals surface area contributed by atoms with Gasteiger partial charge in [0.05, 0.1) is 0 Å². The number of ether oxygens (including phenoxy) is 1. The standard InChI is InChI=1S/C17H29F3N2O2/c1-15(2,3)6-10-22-11-7-16(4-8-21-9-5-16)13(12-22)24-14(23)17(18,19)20/h13,21H,4-12H2,1-3H3. The molecule has 0 bridgehead atoms. The maximum absolute atomic E-state index is 12.7. The second-order valence-corrected chi connectivity index (χ2v) is 8.37. The topological polar surface area (TPSA) is 41.6 Å². The zero-order chi connectivity index (χ0) is 18.0. The van der Waals surface area contributed by atoms with Gasteiger partial charge in [0.15, 0.2) is 0 Å². The number of esters is 1. The molecule has 0 amide bonds. The van der Waals surface area contributed by atoms with Gasteiger partial charge in [0.2, 0.25) is 0 Å². The first-order chi connectivity index (χ1) is 11.0. The third-order valence-corrected chi connectivity index (χ3v) is 5.29. The quantitative estimate of drug-likeness (QED) is 0.795. The Labute approximate surface area is 142 Å². The molecule has 0 aromatic rings. The van der Waals surface area contributed by atoms with Crippen molar-refractivity contribution in [2.75, 3.05) is 32.7 Å². The lowest BCUT2D eigenvalue weighted by Gasteiger charge is -2.49. The van der Waals surface area contributed by atoms with Crippen LogP contribution in [0.4, 0.5) is 13.2 Å². The summed E-state index contributed by atoms with van der Waals surface area (Å²) in [5, 5.41) is 3.24. The molecule has 2 heterocycles. The van der Waals surface area contributed by atoms with E-state index in [2.05, 4.69) is 31.0 Å². The summed E-state index contributed by atoms with van der Waals surface area (Å²) >= 11 is 0. The minimum atomic E-state index is -4.93. The van der Waals surface area contributed by atoms with Crippen molar-refractivity contribution in [3.05, 3.63) is 0 Å². The number of halogens is 3. The van der Waals surface area contributed by atoms with E-state index in [-0.39, 0.29) is 10.8 Å². The van der Waals surface area contributed by atoms with Crippen LogP contribution in [0.2, 0.25) is 0 Å². The van der Waals surface area contributed by atoms with Crippen LogP contribution in [0.5, 0.6) is 0 Å². The second-order valence-electron chi connectivity index (χ2n) is 8.37. The van der Waals surface area contributed by atoms with Crippen LogP contribution < -0.4 is 5.32 Å². The first-order valence-electron chi connectivity index (χ1n) is 8.73. The van der Waals surface area contributed by atoms with Gasteiger partial charge in [0.25, 0.3) is 0 Å². The summed E-state index contributed by atoms with van der Waals surface area (Å²) in [7, 11) is 0. The number of nitrogens with one attached hydrogen (secondary N) is 1. The minimum Gasteiger partial charge on any atom is -0.454 e. The fourth-order valence-electron chi connectivity index (χ4n) is 3.61. The first-order valence-corrected chi connectivity index (χ1v) is 8.73. The molecule has 1 unspecified atom stereocenters. The van der Waals surface area contributed by atoms with Crippen LogP contribution in [0.15, 0.2) is 0 Å². The fourth-order valence-corrected chi connectivity index (χ4v) is 3.61. The Morgan fingerprint density at radius 2 is 1.83 bits per heavy atom. The molecule has 0 aromatic carbocycles. The summed E-state index contributed by atoms with van der Waals surface area (Å²) in [6.07, 6.45) is -2.34. The van der Waals surface area contributed by atoms with Crippen molar-refractivity contribution in [2.24, 2.45) is 10.8 Å². The smallest absolute Gasteiger partial charge is 0.454 e. The number of hydrogen-bond donors (Lipinski definition) is 1. The van der Waals surface area contributed by atoms with E-state index in [1.807, 2.05) is 0 Å². The van der Waals surface area contributed by atoms with E-state index in [1.54, 1.807) is 0 Å². The summed E-state index contributed by atoms with van der Waals surface area (Å²) in [4.78, 5) is 13.5. The summed E-state index contributed by atoms with van der Waals surface area (Å²) in [5.41, 5.74) is -0.146. The molecular formula is C17H29F3N2O2. The third-order valence-electron chi connectivity index (χ3n) is 5.29. The van der Waals surface area contributed by atoms with Crippen molar-refractivity contribution in [1.29, 1.82) is 0 Å². The monoisotopic (exact) mass is 350 g/mol. The Kier molecular flexibility index (Phi) is 5.85. The Bertz CT molecular complexity index is 440. The lowest BCUT2D eigenvalue weighted by molar-refractivity contribution is -0.216. The number of carbonyl (C=O) groups excluding carboxylic acids is 1. The molecule has 1 N–H and O–H groups in total. The lowest BCUT2D eigenvalue weighted by Crippen LogP contribution is -2.57. The average Bonchev–Trinajstić information content (AvgIpc) is 2.47. The van der Waals surface area contributed by atoms with Gasteiger partial charge in [-0.2, -0.15) is 13.2 Å². The second kappa shape index (κ2) is 7.20. The molecule has 7 heteroatoms. The van der Waals surface area contributed by atoms with Crippen LogP contribution in [-0.4, -0.2) is 55.9 Å². The normalized spacial score (nSPS) is 25.7. The van der Waals surface area contributed by atoms with Gasteiger partial charge in [-0.15, -0.1) is 0 Å². The van der Waals surface area contributed by atoms with Crippen LogP contribution in [-0.2, 0) is 9.53 Å². The third kappa shape index (κ3) is 5.09. The Balaban J connectivity index is 2.06. The fraction of sp³-hybridized carbons (Fsp3) is 0.941. The molecule has 24 heavy (non-hydrogen) atoms. The van der Waals surface area contributed by atoms with Gasteiger partial charge in [0, 0.05) is 12.0 Å². The number of piperidine rings is 2. The molecule has 140 valence electrons. The van der Waals surface area contributed by atoms with Gasteiger partial charge in [-0.25, -0.2) is 4.79 Å². The zero-order valence-corrected chi connectivity index (χ0v) is 14.8. The van der Waals surface area contributed by atoms with Crippen molar-refractivity contribution >= 4 is 5.97 Å². The highest BCUT2D eigenvalue weighted by Gasteiger charge is 2.50. The maximum Gasteiger partial charge on any atom is 0.490 e. The Morgan fingerprint density at radius 1 is 1.21 bits per heavy atom. The molecule has 0 saturated carbocycles. The molecule has 2 aliphatic heterocycles. The van der Waals surface area contributed by atoms with E-state index in [0.29, 0.717) is 6.54 Å². The molecule has 1 atom stereocenters. The Hall–Kier alpha value is -0.820. The largest absolute Gasteiger partial charge is 0.490 e. The van der Waals surface area contributed by atoms with Gasteiger partial charge >= 0.3 is 12.1 Å². The van der Waals surface area contributed by atoms with Crippen LogP contribution in [0.1, 0.15) is 46.5 Å². The van der Waals surface area contributed by atoms with E-state index in [1.165, 1.54) is 0 Å². The number of hydrogen-bond acceptors (Lipinski definition) is 4. The molecule has 0 aromatic heterocycles. The number of nitrogens with zero attached hydrogens (tertiary/aromatic N) is 1. The molecule has 2 saturated heterocycles. The molecule has 0 aliphatic carbocycles. The van der Waals surface area contributed by atoms with Crippen molar-refractivity contribution < 1.29 is 22.7 Å². The molecule has 2 fully saturated rings. The van der Waals surface area contributed by atoms with Gasteiger partial charge in [-0.3, -0.25) is 4.90 Å². The van der Waals surface area contributed by atoms with E-state index in [0.717, 1.165) is 51.9 Å². The molecule has 2 rings (SSSR count). The van der Waals surface area contributed by atoms with Gasteiger partial charge < -0.3 is 10.1 Å². The zero-order valence-electron chi connectivity index (χ0n) is 14.8. The summed E-state index contributed by atoms with van der Waals surface area (Å²) < 4.78 is 43.0. The first kappa shape index (κ1) is 19.5. The number of rotatable bonds is 3. The van der Waals surface area contributed by atoms with Gasteiger partial charge in [-0.1, -0.05) is 20.8 Å². The summed E-state index contributed by atoms with van der Waals surface area (Å²) in [5.74, 6) is -2.05. The van der Waals surface area contributed by atoms with Crippen LogP contribution in [0, 0.1) is 10.8 Å². The average molecular weight is 350 g/mol. The van der Waals surface area contributed by atoms with E-state index in [4.69, 9.17) is 4.74 Å². The van der Waals surface area contributed by atoms with E-state index < -0.39 is 18.2 Å². The highest BCUT2D eigenvalue weighted by atomic mass is 19.4. The predicted octanol–water partition coefficient (Wildman–Crippen LogP) is 2.97. The number of likely N-dealkylation sites (tertiary alicyclic amines) is 1. The molecular weight excluding hydrogens is 321 g/mol. The lowest BCUT2D eigenvalue weighted by atomic mass is 9.69. The van der Waals surface area contributed by atoms with E-state index in [9.17, 15) is 18.0 Å². The van der Waals surface area contributed by atoms with Crippen LogP contribution >= 0.6 is 0 Å². The molecule has 0 radical (unpaired) electrons. The van der Waals surface area contributed by atoms with Crippen molar-refractivity contribution in [3.63, 3.8) is 0 Å². The minimum absolute atomic E-state index is 0.169. The number of carbonyl (C=O) groups is 1. The highest BCUT2D eigenvalue weighted by molar-refractivity contribution is 5.75. The van der Waals surface area contributed by atoms with Crippen molar-refractivity contribution in [3.8, 4) is 0 Å². The van der Waals surface area contributed by atoms with Crippen LogP contribution in [0.25, 0.3) is 0 Å². The predicted molar refractivity (Wildman–Crippen MR) is 85.6 cm³/mol.